The topological polar surface area (TPSA) is 58.9 Å². The van der Waals surface area contributed by atoms with E-state index in [0.29, 0.717) is 6.42 Å². The maximum Gasteiger partial charge on any atom is 0.0980 e. The van der Waals surface area contributed by atoms with Crippen LogP contribution in [-0.4, -0.2) is 19.7 Å². The second-order valence-corrected chi connectivity index (χ2v) is 6.65. The van der Waals surface area contributed by atoms with E-state index in [1.165, 1.54) is 11.5 Å². The van der Waals surface area contributed by atoms with Crippen molar-refractivity contribution in [2.45, 2.75) is 38.7 Å². The van der Waals surface area contributed by atoms with Crippen molar-refractivity contribution in [1.29, 1.82) is 0 Å². The molecule has 1 unspecified atom stereocenters. The Labute approximate surface area is 109 Å². The van der Waals surface area contributed by atoms with E-state index in [-0.39, 0.29) is 5.41 Å². The molecule has 0 saturated heterocycles. The molecule has 0 radical (unpaired) electrons. The fourth-order valence-electron chi connectivity index (χ4n) is 1.55. The molecule has 0 amide bonds. The minimum absolute atomic E-state index is 0.0911. The zero-order chi connectivity index (χ0) is 12.5. The van der Waals surface area contributed by atoms with Crippen molar-refractivity contribution in [2.24, 2.45) is 0 Å². The van der Waals surface area contributed by atoms with E-state index in [0.717, 1.165) is 15.6 Å². The fourth-order valence-corrected chi connectivity index (χ4v) is 3.05. The standard InChI is InChI=1S/C11H15N3OS2/c1-11(2,3)10-9(17-14-13-10)7(15)6-8-12-4-5-16-8/h4-5,7,15H,6H2,1-3H3. The number of rotatable bonds is 3. The third-order valence-corrected chi connectivity index (χ3v) is 4.01. The van der Waals surface area contributed by atoms with Crippen LogP contribution in [0.1, 0.15) is 42.5 Å². The first-order valence-corrected chi connectivity index (χ1v) is 7.03. The highest BCUT2D eigenvalue weighted by Gasteiger charge is 2.26. The molecule has 0 spiro atoms. The van der Waals surface area contributed by atoms with Crippen LogP contribution in [-0.2, 0) is 11.8 Å². The predicted molar refractivity (Wildman–Crippen MR) is 69.4 cm³/mol. The molecule has 0 saturated carbocycles. The average Bonchev–Trinajstić information content (AvgIpc) is 2.85. The normalized spacial score (nSPS) is 13.9. The van der Waals surface area contributed by atoms with Crippen LogP contribution >= 0.6 is 22.9 Å². The zero-order valence-electron chi connectivity index (χ0n) is 10.0. The van der Waals surface area contributed by atoms with Gasteiger partial charge in [0, 0.05) is 23.4 Å². The van der Waals surface area contributed by atoms with E-state index in [4.69, 9.17) is 0 Å². The van der Waals surface area contributed by atoms with Crippen molar-refractivity contribution in [3.63, 3.8) is 0 Å². The van der Waals surface area contributed by atoms with Gasteiger partial charge in [-0.3, -0.25) is 0 Å². The van der Waals surface area contributed by atoms with Crippen molar-refractivity contribution in [3.05, 3.63) is 27.2 Å². The van der Waals surface area contributed by atoms with Gasteiger partial charge in [-0.15, -0.1) is 16.4 Å². The largest absolute Gasteiger partial charge is 0.387 e. The predicted octanol–water partition coefficient (Wildman–Crippen LogP) is 2.57. The Hall–Kier alpha value is -0.850. The summed E-state index contributed by atoms with van der Waals surface area (Å²) in [5.74, 6) is 0. The number of aliphatic hydroxyl groups is 1. The Kier molecular flexibility index (Phi) is 3.56. The molecule has 2 aromatic rings. The summed E-state index contributed by atoms with van der Waals surface area (Å²) in [6.07, 6.45) is 1.72. The summed E-state index contributed by atoms with van der Waals surface area (Å²) in [5.41, 5.74) is 0.790. The molecule has 1 atom stereocenters. The van der Waals surface area contributed by atoms with E-state index < -0.39 is 6.10 Å². The van der Waals surface area contributed by atoms with E-state index in [1.807, 2.05) is 5.38 Å². The highest BCUT2D eigenvalue weighted by Crippen LogP contribution is 2.31. The quantitative estimate of drug-likeness (QED) is 0.930. The highest BCUT2D eigenvalue weighted by atomic mass is 32.1. The number of aliphatic hydroxyl groups excluding tert-OH is 1. The van der Waals surface area contributed by atoms with Gasteiger partial charge in [0.2, 0.25) is 0 Å². The molecular weight excluding hydrogens is 254 g/mol. The summed E-state index contributed by atoms with van der Waals surface area (Å²) in [6.45, 7) is 6.22. The van der Waals surface area contributed by atoms with E-state index in [1.54, 1.807) is 17.5 Å². The molecule has 0 fully saturated rings. The SMILES string of the molecule is CC(C)(C)c1nnsc1C(O)Cc1nccs1. The number of aromatic nitrogens is 3. The van der Waals surface area contributed by atoms with Gasteiger partial charge >= 0.3 is 0 Å². The molecule has 0 bridgehead atoms. The number of hydrogen-bond donors (Lipinski definition) is 1. The van der Waals surface area contributed by atoms with Crippen LogP contribution in [0.4, 0.5) is 0 Å². The third-order valence-electron chi connectivity index (χ3n) is 2.38. The van der Waals surface area contributed by atoms with Gasteiger partial charge in [-0.1, -0.05) is 25.3 Å². The van der Waals surface area contributed by atoms with Crippen LogP contribution in [0.15, 0.2) is 11.6 Å². The lowest BCUT2D eigenvalue weighted by Gasteiger charge is -2.18. The van der Waals surface area contributed by atoms with Gasteiger partial charge in [0.05, 0.1) is 21.7 Å². The van der Waals surface area contributed by atoms with Crippen molar-refractivity contribution in [1.82, 2.24) is 14.6 Å². The van der Waals surface area contributed by atoms with Gasteiger partial charge in [-0.25, -0.2) is 4.98 Å². The lowest BCUT2D eigenvalue weighted by atomic mass is 9.90. The molecule has 0 aliphatic heterocycles. The summed E-state index contributed by atoms with van der Waals surface area (Å²) >= 11 is 2.83. The molecule has 92 valence electrons. The molecule has 1 N–H and O–H groups in total. The molecule has 2 heterocycles. The maximum absolute atomic E-state index is 10.2. The molecule has 6 heteroatoms. The Morgan fingerprint density at radius 2 is 2.18 bits per heavy atom. The number of nitrogens with zero attached hydrogens (tertiary/aromatic N) is 3. The van der Waals surface area contributed by atoms with Crippen LogP contribution in [0.3, 0.4) is 0 Å². The monoisotopic (exact) mass is 269 g/mol. The van der Waals surface area contributed by atoms with E-state index in [9.17, 15) is 5.11 Å². The minimum Gasteiger partial charge on any atom is -0.387 e. The molecule has 0 aliphatic carbocycles. The van der Waals surface area contributed by atoms with Gasteiger partial charge in [0.25, 0.3) is 0 Å². The molecule has 2 aromatic heterocycles. The maximum atomic E-state index is 10.2. The fraction of sp³-hybridized carbons (Fsp3) is 0.545. The minimum atomic E-state index is -0.560. The average molecular weight is 269 g/mol. The van der Waals surface area contributed by atoms with Crippen molar-refractivity contribution in [3.8, 4) is 0 Å². The first-order chi connectivity index (χ1) is 7.98. The highest BCUT2D eigenvalue weighted by molar-refractivity contribution is 7.09. The van der Waals surface area contributed by atoms with Crippen LogP contribution in [0.5, 0.6) is 0 Å². The van der Waals surface area contributed by atoms with Crippen LogP contribution in [0.2, 0.25) is 0 Å². The lowest BCUT2D eigenvalue weighted by Crippen LogP contribution is -2.16. The van der Waals surface area contributed by atoms with Crippen molar-refractivity contribution in [2.75, 3.05) is 0 Å². The van der Waals surface area contributed by atoms with E-state index >= 15 is 0 Å². The first-order valence-electron chi connectivity index (χ1n) is 5.37. The molecule has 2 rings (SSSR count). The summed E-state index contributed by atoms with van der Waals surface area (Å²) in [4.78, 5) is 5.03. The first kappa shape index (κ1) is 12.6. The van der Waals surface area contributed by atoms with Gasteiger partial charge in [-0.05, 0) is 11.5 Å². The molecule has 0 aromatic carbocycles. The summed E-state index contributed by atoms with van der Waals surface area (Å²) < 4.78 is 3.95. The van der Waals surface area contributed by atoms with Crippen LogP contribution in [0, 0.1) is 0 Å². The second-order valence-electron chi connectivity index (χ2n) is 4.88. The van der Waals surface area contributed by atoms with Gasteiger partial charge in [-0.2, -0.15) is 0 Å². The Morgan fingerprint density at radius 3 is 2.76 bits per heavy atom. The van der Waals surface area contributed by atoms with Crippen molar-refractivity contribution < 1.29 is 5.11 Å². The summed E-state index contributed by atoms with van der Waals surface area (Å²) in [7, 11) is 0. The molecule has 0 aliphatic rings. The third kappa shape index (κ3) is 2.88. The van der Waals surface area contributed by atoms with Gasteiger partial charge < -0.3 is 5.11 Å². The molecule has 17 heavy (non-hydrogen) atoms. The summed E-state index contributed by atoms with van der Waals surface area (Å²) in [5, 5.41) is 17.2. The number of hydrogen-bond acceptors (Lipinski definition) is 6. The Morgan fingerprint density at radius 1 is 1.41 bits per heavy atom. The van der Waals surface area contributed by atoms with Crippen molar-refractivity contribution >= 4 is 22.9 Å². The van der Waals surface area contributed by atoms with E-state index in [2.05, 4.69) is 35.3 Å². The number of thiazole rings is 1. The smallest absolute Gasteiger partial charge is 0.0980 e. The second kappa shape index (κ2) is 4.80. The van der Waals surface area contributed by atoms with Gasteiger partial charge in [0.1, 0.15) is 0 Å². The Balaban J connectivity index is 2.20. The Bertz CT molecular complexity index is 473. The summed E-state index contributed by atoms with van der Waals surface area (Å²) in [6, 6.07) is 0. The van der Waals surface area contributed by atoms with Gasteiger partial charge in [0.15, 0.2) is 0 Å². The zero-order valence-corrected chi connectivity index (χ0v) is 11.7. The van der Waals surface area contributed by atoms with Crippen LogP contribution < -0.4 is 0 Å². The molecule has 4 nitrogen and oxygen atoms in total. The lowest BCUT2D eigenvalue weighted by molar-refractivity contribution is 0.179. The molecular formula is C11H15N3OS2. The van der Waals surface area contributed by atoms with Crippen LogP contribution in [0.25, 0.3) is 0 Å².